The molecule has 8 rings (SSSR count). The Morgan fingerprint density at radius 1 is 0.770 bits per heavy atom. The molecule has 7 unspecified atom stereocenters. The number of piperazine rings is 1. The first-order valence-corrected chi connectivity index (χ1v) is 33.1. The van der Waals surface area contributed by atoms with Crippen molar-refractivity contribution in [1.82, 2.24) is 62.4 Å². The molecule has 5 heterocycles. The van der Waals surface area contributed by atoms with Crippen molar-refractivity contribution in [2.75, 3.05) is 173 Å². The van der Waals surface area contributed by atoms with E-state index in [1.165, 1.54) is 0 Å². The molecule has 3 aromatic rings. The van der Waals surface area contributed by atoms with Crippen LogP contribution in [-0.2, 0) is 35.0 Å². The van der Waals surface area contributed by atoms with Gasteiger partial charge in [-0.2, -0.15) is 5.53 Å². The molecule has 0 bridgehead atoms. The Kier molecular flexibility index (Phi) is 29.3. The number of thioether (sulfide) groups is 2. The van der Waals surface area contributed by atoms with Gasteiger partial charge in [0.2, 0.25) is 11.8 Å². The lowest BCUT2D eigenvalue weighted by Gasteiger charge is -2.36. The average molecular weight is 1250 g/mol. The molecule has 5 aliphatic rings. The zero-order valence-electron chi connectivity index (χ0n) is 51.4. The van der Waals surface area contributed by atoms with Gasteiger partial charge in [-0.1, -0.05) is 24.3 Å². The summed E-state index contributed by atoms with van der Waals surface area (Å²) in [7, 11) is 5.86. The summed E-state index contributed by atoms with van der Waals surface area (Å²) >= 11 is 3.39. The van der Waals surface area contributed by atoms with Gasteiger partial charge in [0.25, 0.3) is 0 Å². The van der Waals surface area contributed by atoms with Gasteiger partial charge in [-0.25, -0.2) is 15.2 Å². The number of aliphatic hydroxyl groups is 1. The monoisotopic (exact) mass is 1250 g/mol. The van der Waals surface area contributed by atoms with Crippen LogP contribution in [0.3, 0.4) is 0 Å². The summed E-state index contributed by atoms with van der Waals surface area (Å²) in [5.74, 6) is 2.78. The SMILES string of the molecule is COCCCN(C(=O)CCc1ccc(OCCCCN(C)CCOCCOCCC2CN(CCOCCOc3ccc(NC(=O)NC4NC(CC(O)N5CCN(C)CC5)CS4)cc3)NN2)cc1)C(C(=O)NCN1NNc2ccccc21)C1CSC(C)N1. The highest BCUT2D eigenvalue weighted by molar-refractivity contribution is 8.00. The fourth-order valence-electron chi connectivity index (χ4n) is 10.8. The molecule has 3 aromatic carbocycles. The maximum Gasteiger partial charge on any atom is 0.321 e. The molecule has 0 aromatic heterocycles. The number of hydrogen-bond acceptors (Lipinski definition) is 23. The van der Waals surface area contributed by atoms with Crippen LogP contribution >= 0.6 is 23.5 Å². The van der Waals surface area contributed by atoms with Crippen molar-refractivity contribution in [1.29, 1.82) is 0 Å². The Balaban J connectivity index is 0.591. The topological polar surface area (TPSA) is 255 Å². The number of urea groups is 1. The minimum atomic E-state index is -0.682. The number of nitrogens with zero attached hydrogens (tertiary/aromatic N) is 6. The highest BCUT2D eigenvalue weighted by atomic mass is 32.2. The molecular formula is C60H97N15O10S2. The number of carbonyl (C=O) groups is 3. The summed E-state index contributed by atoms with van der Waals surface area (Å²) < 4.78 is 34.8. The largest absolute Gasteiger partial charge is 0.494 e. The third-order valence-corrected chi connectivity index (χ3v) is 18.2. The number of aryl methyl sites for hydroxylation is 1. The zero-order valence-corrected chi connectivity index (χ0v) is 53.0. The second-order valence-corrected chi connectivity index (χ2v) is 25.2. The van der Waals surface area contributed by atoms with Crippen LogP contribution < -0.4 is 63.0 Å². The number of amides is 4. The van der Waals surface area contributed by atoms with E-state index in [0.717, 1.165) is 106 Å². The van der Waals surface area contributed by atoms with Gasteiger partial charge in [-0.15, -0.1) is 29.1 Å². The molecule has 7 atom stereocenters. The highest BCUT2D eigenvalue weighted by Crippen LogP contribution is 2.29. The molecule has 484 valence electrons. The predicted octanol–water partition coefficient (Wildman–Crippen LogP) is 2.70. The van der Waals surface area contributed by atoms with Crippen LogP contribution in [0.15, 0.2) is 72.8 Å². The molecule has 5 aliphatic heterocycles. The van der Waals surface area contributed by atoms with Crippen molar-refractivity contribution in [2.45, 2.75) is 93.1 Å². The van der Waals surface area contributed by atoms with Crippen molar-refractivity contribution in [3.05, 3.63) is 78.4 Å². The third kappa shape index (κ3) is 23.5. The summed E-state index contributed by atoms with van der Waals surface area (Å²) in [6.45, 7) is 14.7. The molecular weight excluding hydrogens is 1150 g/mol. The Morgan fingerprint density at radius 2 is 1.52 bits per heavy atom. The van der Waals surface area contributed by atoms with Crippen LogP contribution in [0.4, 0.5) is 21.9 Å². The molecule has 10 N–H and O–H groups in total. The second kappa shape index (κ2) is 37.4. The fraction of sp³-hybridized carbons (Fsp3) is 0.650. The van der Waals surface area contributed by atoms with Crippen LogP contribution in [0.25, 0.3) is 0 Å². The van der Waals surface area contributed by atoms with Gasteiger partial charge in [0, 0.05) is 121 Å². The first-order chi connectivity index (χ1) is 42.5. The number of fused-ring (bicyclic) bond motifs is 1. The van der Waals surface area contributed by atoms with Gasteiger partial charge in [-0.05, 0) is 114 Å². The van der Waals surface area contributed by atoms with Gasteiger partial charge in [0.1, 0.15) is 42.5 Å². The molecule has 27 heteroatoms. The summed E-state index contributed by atoms with van der Waals surface area (Å²) in [5, 5.41) is 30.8. The number of hydrazine groups is 4. The van der Waals surface area contributed by atoms with E-state index in [1.54, 1.807) is 35.5 Å². The number of unbranched alkanes of at least 4 members (excludes halogenated alkanes) is 1. The van der Waals surface area contributed by atoms with Gasteiger partial charge in [0.05, 0.1) is 56.4 Å². The molecule has 4 saturated heterocycles. The Bertz CT molecular complexity index is 2480. The van der Waals surface area contributed by atoms with Crippen molar-refractivity contribution in [3.8, 4) is 11.5 Å². The minimum absolute atomic E-state index is 0.0636. The average Bonchev–Trinajstić information content (AvgIpc) is 3.29. The van der Waals surface area contributed by atoms with Crippen LogP contribution in [0, 0.1) is 0 Å². The number of likely N-dealkylation sites (N-methyl/N-ethyl adjacent to an activating group) is 2. The third-order valence-electron chi connectivity index (χ3n) is 15.9. The lowest BCUT2D eigenvalue weighted by molar-refractivity contribution is -0.141. The lowest BCUT2D eigenvalue weighted by atomic mass is 10.0. The molecule has 25 nitrogen and oxygen atoms in total. The van der Waals surface area contributed by atoms with E-state index < -0.39 is 12.3 Å². The molecule has 0 saturated carbocycles. The molecule has 0 aliphatic carbocycles. The van der Waals surface area contributed by atoms with Crippen molar-refractivity contribution >= 4 is 58.4 Å². The van der Waals surface area contributed by atoms with Crippen molar-refractivity contribution in [2.24, 2.45) is 0 Å². The van der Waals surface area contributed by atoms with E-state index in [1.807, 2.05) is 77.8 Å². The Morgan fingerprint density at radius 3 is 2.30 bits per heavy atom. The summed E-state index contributed by atoms with van der Waals surface area (Å²) in [5.41, 5.74) is 16.1. The number of para-hydroxylation sites is 2. The van der Waals surface area contributed by atoms with Gasteiger partial charge >= 0.3 is 6.03 Å². The molecule has 4 fully saturated rings. The van der Waals surface area contributed by atoms with Crippen molar-refractivity contribution in [3.63, 3.8) is 0 Å². The molecule has 4 amide bonds. The maximum absolute atomic E-state index is 14.1. The molecule has 0 spiro atoms. The summed E-state index contributed by atoms with van der Waals surface area (Å²) in [6, 6.07) is 22.3. The van der Waals surface area contributed by atoms with Crippen LogP contribution in [0.2, 0.25) is 0 Å². The number of nitrogens with one attached hydrogen (secondary N) is 9. The van der Waals surface area contributed by atoms with Crippen LogP contribution in [0.5, 0.6) is 11.5 Å². The number of rotatable bonds is 39. The standard InChI is InChI=1S/C60H97N15O10S2/c1-45-62-53(43-86-45)57(58(78)61-44-75-54-11-6-5-10-52(54)67-69-75)74(24-9-31-80-4)55(76)21-14-46-12-17-50(18-13-46)84-32-8-7-23-70(2)29-34-82-37-36-81-33-22-48-41-73(68-66-48)30-35-83-38-39-85-51-19-15-47(16-20-51)63-59(79)65-60-64-49(42-87-60)40-56(77)72-27-25-71(3)26-28-72/h5-6,10-13,15-20,45,48-49,53,56-57,60,62,64,66-69,77H,7-9,14,21-44H2,1-4H3,(H,61,78)(H2,63,65,79). The number of aliphatic hydroxyl groups excluding tert-OH is 1. The number of methoxy groups -OCH3 is 1. The van der Waals surface area contributed by atoms with E-state index in [4.69, 9.17) is 28.4 Å². The van der Waals surface area contributed by atoms with E-state index in [2.05, 4.69) is 89.2 Å². The lowest BCUT2D eigenvalue weighted by Crippen LogP contribution is -2.60. The Hall–Kier alpha value is -4.79. The second-order valence-electron chi connectivity index (χ2n) is 22.6. The van der Waals surface area contributed by atoms with Gasteiger partial charge < -0.3 is 69.6 Å². The summed E-state index contributed by atoms with van der Waals surface area (Å²) in [6.07, 6.45) is 4.39. The van der Waals surface area contributed by atoms with Gasteiger partial charge in [-0.3, -0.25) is 30.1 Å². The van der Waals surface area contributed by atoms with Gasteiger partial charge in [0.15, 0.2) is 0 Å². The number of benzene rings is 3. The van der Waals surface area contributed by atoms with Crippen LogP contribution in [0.1, 0.15) is 51.0 Å². The maximum atomic E-state index is 14.1. The van der Waals surface area contributed by atoms with Crippen molar-refractivity contribution < 1.29 is 47.9 Å². The minimum Gasteiger partial charge on any atom is -0.494 e. The van der Waals surface area contributed by atoms with E-state index >= 15 is 0 Å². The molecule has 0 radical (unpaired) electrons. The molecule has 87 heavy (non-hydrogen) atoms. The highest BCUT2D eigenvalue weighted by Gasteiger charge is 2.40. The predicted molar refractivity (Wildman–Crippen MR) is 342 cm³/mol. The quantitative estimate of drug-likeness (QED) is 0.0369. The fourth-order valence-corrected chi connectivity index (χ4v) is 13.0. The number of ether oxygens (including phenoxy) is 6. The zero-order chi connectivity index (χ0) is 61.0. The smallest absolute Gasteiger partial charge is 0.321 e. The summed E-state index contributed by atoms with van der Waals surface area (Å²) in [4.78, 5) is 49.3. The first kappa shape index (κ1) is 68.1. The number of anilines is 3. The normalized spacial score (nSPS) is 21.4. The van der Waals surface area contributed by atoms with E-state index in [-0.39, 0.29) is 59.9 Å². The van der Waals surface area contributed by atoms with E-state index in [0.29, 0.717) is 96.7 Å². The first-order valence-electron chi connectivity index (χ1n) is 31.0. The Labute approximate surface area is 522 Å². The van der Waals surface area contributed by atoms with Crippen LogP contribution in [-0.4, -0.2) is 247 Å². The number of carbonyl (C=O) groups excluding carboxylic acids is 3. The number of hydrogen-bond donors (Lipinski definition) is 10. The van der Waals surface area contributed by atoms with E-state index in [9.17, 15) is 19.5 Å².